The predicted molar refractivity (Wildman–Crippen MR) is 54.3 cm³/mol. The zero-order valence-corrected chi connectivity index (χ0v) is 9.29. The lowest BCUT2D eigenvalue weighted by Crippen LogP contribution is -1.94. The normalized spacial score (nSPS) is 9.64. The molecule has 0 amide bonds. The van der Waals surface area contributed by atoms with E-state index in [1.54, 1.807) is 0 Å². The highest BCUT2D eigenvalue weighted by Gasteiger charge is 2.17. The number of phenols is 1. The predicted octanol–water partition coefficient (Wildman–Crippen LogP) is 1.98. The van der Waals surface area contributed by atoms with Crippen molar-refractivity contribution in [2.45, 2.75) is 0 Å². The Bertz CT molecular complexity index is 362. The summed E-state index contributed by atoms with van der Waals surface area (Å²) in [5.41, 5.74) is 0.148. The van der Waals surface area contributed by atoms with Gasteiger partial charge < -0.3 is 14.6 Å². The Balaban J connectivity index is 3.47. The van der Waals surface area contributed by atoms with Gasteiger partial charge in [-0.2, -0.15) is 0 Å². The molecule has 0 bridgehead atoms. The van der Waals surface area contributed by atoms with E-state index in [0.717, 1.165) is 0 Å². The number of carbonyl (C=O) groups is 1. The van der Waals surface area contributed by atoms with Gasteiger partial charge in [0.2, 0.25) is 5.75 Å². The monoisotopic (exact) mass is 260 g/mol. The molecule has 0 aliphatic heterocycles. The van der Waals surface area contributed by atoms with Gasteiger partial charge in [0.15, 0.2) is 17.8 Å². The van der Waals surface area contributed by atoms with Crippen molar-refractivity contribution in [2.75, 3.05) is 14.2 Å². The third-order valence-electron chi connectivity index (χ3n) is 1.73. The van der Waals surface area contributed by atoms with Crippen LogP contribution in [0.3, 0.4) is 0 Å². The van der Waals surface area contributed by atoms with E-state index in [4.69, 9.17) is 9.47 Å². The van der Waals surface area contributed by atoms with Crippen LogP contribution < -0.4 is 9.47 Å². The molecule has 0 spiro atoms. The summed E-state index contributed by atoms with van der Waals surface area (Å²) < 4.78 is 10.5. The summed E-state index contributed by atoms with van der Waals surface area (Å²) in [4.78, 5) is 10.6. The third kappa shape index (κ3) is 1.68. The van der Waals surface area contributed by atoms with Crippen molar-refractivity contribution in [3.05, 3.63) is 16.1 Å². The van der Waals surface area contributed by atoms with E-state index in [9.17, 15) is 9.90 Å². The fourth-order valence-corrected chi connectivity index (χ4v) is 1.68. The molecule has 0 aliphatic rings. The van der Waals surface area contributed by atoms with Gasteiger partial charge in [-0.25, -0.2) is 0 Å². The summed E-state index contributed by atoms with van der Waals surface area (Å²) in [7, 11) is 2.83. The molecule has 5 heteroatoms. The molecule has 1 aromatic carbocycles. The Morgan fingerprint density at radius 1 is 1.36 bits per heavy atom. The van der Waals surface area contributed by atoms with E-state index >= 15 is 0 Å². The zero-order chi connectivity index (χ0) is 10.7. The van der Waals surface area contributed by atoms with Crippen LogP contribution in [0.1, 0.15) is 10.4 Å². The number of rotatable bonds is 3. The van der Waals surface area contributed by atoms with Crippen molar-refractivity contribution >= 4 is 22.2 Å². The molecular weight excluding hydrogens is 252 g/mol. The first-order chi connectivity index (χ1) is 6.65. The van der Waals surface area contributed by atoms with Gasteiger partial charge in [-0.15, -0.1) is 0 Å². The molecule has 0 unspecified atom stereocenters. The topological polar surface area (TPSA) is 55.8 Å². The maximum absolute atomic E-state index is 10.6. The minimum atomic E-state index is -0.220. The number of halogens is 1. The molecule has 0 radical (unpaired) electrons. The van der Waals surface area contributed by atoms with Gasteiger partial charge in [0.25, 0.3) is 0 Å². The highest BCUT2D eigenvalue weighted by Crippen LogP contribution is 2.43. The molecule has 0 saturated carbocycles. The second kappa shape index (κ2) is 4.32. The number of aldehydes is 1. The molecule has 0 aliphatic carbocycles. The third-order valence-corrected chi connectivity index (χ3v) is 2.32. The van der Waals surface area contributed by atoms with E-state index in [0.29, 0.717) is 16.5 Å². The first-order valence-corrected chi connectivity index (χ1v) is 4.53. The lowest BCUT2D eigenvalue weighted by atomic mass is 10.2. The molecule has 0 atom stereocenters. The van der Waals surface area contributed by atoms with Gasteiger partial charge in [0.05, 0.1) is 24.3 Å². The molecule has 0 fully saturated rings. The summed E-state index contributed by atoms with van der Waals surface area (Å²) in [6.45, 7) is 0. The first-order valence-electron chi connectivity index (χ1n) is 3.74. The molecule has 14 heavy (non-hydrogen) atoms. The van der Waals surface area contributed by atoms with Crippen molar-refractivity contribution in [2.24, 2.45) is 0 Å². The minimum Gasteiger partial charge on any atom is -0.504 e. The highest BCUT2D eigenvalue weighted by molar-refractivity contribution is 9.10. The van der Waals surface area contributed by atoms with Gasteiger partial charge in [-0.3, -0.25) is 4.79 Å². The van der Waals surface area contributed by atoms with Crippen molar-refractivity contribution in [3.8, 4) is 17.2 Å². The average Bonchev–Trinajstić information content (AvgIpc) is 2.20. The summed E-state index contributed by atoms with van der Waals surface area (Å²) in [6, 6.07) is 1.46. The van der Waals surface area contributed by atoms with Crippen LogP contribution >= 0.6 is 15.9 Å². The van der Waals surface area contributed by atoms with Crippen molar-refractivity contribution in [1.82, 2.24) is 0 Å². The molecule has 4 nitrogen and oxygen atoms in total. The van der Waals surface area contributed by atoms with Crippen LogP contribution in [0.25, 0.3) is 0 Å². The van der Waals surface area contributed by atoms with Gasteiger partial charge in [0.1, 0.15) is 0 Å². The number of benzene rings is 1. The molecule has 76 valence electrons. The second-order valence-electron chi connectivity index (χ2n) is 2.48. The van der Waals surface area contributed by atoms with Crippen LogP contribution in [0.4, 0.5) is 0 Å². The van der Waals surface area contributed by atoms with Gasteiger partial charge in [-0.1, -0.05) is 0 Å². The highest BCUT2D eigenvalue weighted by atomic mass is 79.9. The maximum Gasteiger partial charge on any atom is 0.204 e. The largest absolute Gasteiger partial charge is 0.504 e. The standard InChI is InChI=1S/C9H9BrO4/c1-13-8-6(10)3-5(4-11)7(12)9(8)14-2/h3-4,12H,1-2H3. The maximum atomic E-state index is 10.6. The minimum absolute atomic E-state index is 0.143. The SMILES string of the molecule is COc1c(Br)cc(C=O)c(O)c1OC. The Morgan fingerprint density at radius 3 is 2.36 bits per heavy atom. The van der Waals surface area contributed by atoms with E-state index in [-0.39, 0.29) is 17.1 Å². The van der Waals surface area contributed by atoms with Crippen molar-refractivity contribution in [3.63, 3.8) is 0 Å². The van der Waals surface area contributed by atoms with Crippen LogP contribution in [0, 0.1) is 0 Å². The lowest BCUT2D eigenvalue weighted by molar-refractivity contribution is 0.112. The lowest BCUT2D eigenvalue weighted by Gasteiger charge is -2.12. The summed E-state index contributed by atoms with van der Waals surface area (Å²) in [5.74, 6) is 0.280. The molecular formula is C9H9BrO4. The summed E-state index contributed by atoms with van der Waals surface area (Å²) in [5, 5.41) is 9.57. The van der Waals surface area contributed by atoms with Gasteiger partial charge in [0, 0.05) is 0 Å². The van der Waals surface area contributed by atoms with Crippen LogP contribution in [-0.2, 0) is 0 Å². The van der Waals surface area contributed by atoms with E-state index in [2.05, 4.69) is 15.9 Å². The number of ether oxygens (including phenoxy) is 2. The number of phenolic OH excluding ortho intramolecular Hbond substituents is 1. The Labute approximate surface area is 89.6 Å². The Kier molecular flexibility index (Phi) is 3.35. The molecule has 0 saturated heterocycles. The smallest absolute Gasteiger partial charge is 0.204 e. The molecule has 1 N–H and O–H groups in total. The molecule has 1 aromatic rings. The van der Waals surface area contributed by atoms with Crippen molar-refractivity contribution in [1.29, 1.82) is 0 Å². The number of aromatic hydroxyl groups is 1. The zero-order valence-electron chi connectivity index (χ0n) is 7.70. The van der Waals surface area contributed by atoms with E-state index < -0.39 is 0 Å². The number of hydrogen-bond donors (Lipinski definition) is 1. The summed E-state index contributed by atoms with van der Waals surface area (Å²) >= 11 is 3.20. The fraction of sp³-hybridized carbons (Fsp3) is 0.222. The van der Waals surface area contributed by atoms with Gasteiger partial charge in [-0.05, 0) is 22.0 Å². The van der Waals surface area contributed by atoms with Crippen LogP contribution in [0.5, 0.6) is 17.2 Å². The second-order valence-corrected chi connectivity index (χ2v) is 3.33. The Hall–Kier alpha value is -1.23. The summed E-state index contributed by atoms with van der Waals surface area (Å²) in [6.07, 6.45) is 0.544. The van der Waals surface area contributed by atoms with Crippen molar-refractivity contribution < 1.29 is 19.4 Å². The first kappa shape index (κ1) is 10.8. The number of carbonyl (C=O) groups excluding carboxylic acids is 1. The average molecular weight is 261 g/mol. The number of hydrogen-bond acceptors (Lipinski definition) is 4. The van der Waals surface area contributed by atoms with Gasteiger partial charge >= 0.3 is 0 Å². The molecule has 0 heterocycles. The van der Waals surface area contributed by atoms with Crippen LogP contribution in [0.2, 0.25) is 0 Å². The number of methoxy groups -OCH3 is 2. The van der Waals surface area contributed by atoms with E-state index in [1.165, 1.54) is 20.3 Å². The van der Waals surface area contributed by atoms with Crippen LogP contribution in [-0.4, -0.2) is 25.6 Å². The molecule has 0 aromatic heterocycles. The van der Waals surface area contributed by atoms with Crippen LogP contribution in [0.15, 0.2) is 10.5 Å². The fourth-order valence-electron chi connectivity index (χ4n) is 1.09. The molecule has 1 rings (SSSR count). The quantitative estimate of drug-likeness (QED) is 0.845. The van der Waals surface area contributed by atoms with E-state index in [1.807, 2.05) is 0 Å². The Morgan fingerprint density at radius 2 is 1.93 bits per heavy atom.